The van der Waals surface area contributed by atoms with Gasteiger partial charge in [-0.05, 0) is 13.0 Å². The molecule has 0 bridgehead atoms. The highest BCUT2D eigenvalue weighted by molar-refractivity contribution is 7.99. The molecule has 2 aromatic heterocycles. The largest absolute Gasteiger partial charge is 0.302 e. The lowest BCUT2D eigenvalue weighted by Crippen LogP contribution is -2.12. The minimum absolute atomic E-state index is 0.00284. The van der Waals surface area contributed by atoms with E-state index >= 15 is 0 Å². The van der Waals surface area contributed by atoms with Gasteiger partial charge < -0.3 is 5.32 Å². The highest BCUT2D eigenvalue weighted by Crippen LogP contribution is 2.27. The number of nitro benzene ring substituents is 1. The van der Waals surface area contributed by atoms with E-state index in [9.17, 15) is 14.9 Å². The Morgan fingerprint density at radius 3 is 2.96 bits per heavy atom. The molecule has 0 aliphatic heterocycles. The van der Waals surface area contributed by atoms with Gasteiger partial charge >= 0.3 is 0 Å². The number of thioether (sulfide) groups is 1. The molecular formula is C17H15N5O3S2. The molecule has 27 heavy (non-hydrogen) atoms. The van der Waals surface area contributed by atoms with Crippen molar-refractivity contribution in [1.29, 1.82) is 0 Å². The molecule has 0 fully saturated rings. The summed E-state index contributed by atoms with van der Waals surface area (Å²) in [6.07, 6.45) is 1.82. The Labute approximate surface area is 163 Å². The van der Waals surface area contributed by atoms with E-state index < -0.39 is 4.92 Å². The Morgan fingerprint density at radius 2 is 2.19 bits per heavy atom. The van der Waals surface area contributed by atoms with E-state index in [0.717, 1.165) is 10.7 Å². The van der Waals surface area contributed by atoms with Gasteiger partial charge in [-0.2, -0.15) is 0 Å². The summed E-state index contributed by atoms with van der Waals surface area (Å²) < 4.78 is 0. The van der Waals surface area contributed by atoms with Crippen LogP contribution in [0.3, 0.4) is 0 Å². The first-order valence-electron chi connectivity index (χ1n) is 7.93. The summed E-state index contributed by atoms with van der Waals surface area (Å²) >= 11 is 2.77. The lowest BCUT2D eigenvalue weighted by atomic mass is 10.1. The van der Waals surface area contributed by atoms with Crippen LogP contribution in [0, 0.1) is 17.0 Å². The van der Waals surface area contributed by atoms with Crippen molar-refractivity contribution in [2.75, 3.05) is 11.1 Å². The highest BCUT2D eigenvalue weighted by Gasteiger charge is 2.11. The van der Waals surface area contributed by atoms with Gasteiger partial charge in [0.15, 0.2) is 5.13 Å². The molecule has 3 aromatic rings. The van der Waals surface area contributed by atoms with Gasteiger partial charge in [-0.25, -0.2) is 15.0 Å². The molecule has 1 amide bonds. The quantitative estimate of drug-likeness (QED) is 0.276. The Bertz CT molecular complexity index is 976. The van der Waals surface area contributed by atoms with Gasteiger partial charge in [0.2, 0.25) is 5.91 Å². The Kier molecular flexibility index (Phi) is 6.09. The zero-order valence-corrected chi connectivity index (χ0v) is 15.9. The summed E-state index contributed by atoms with van der Waals surface area (Å²) in [5, 5.41) is 16.7. The van der Waals surface area contributed by atoms with Crippen molar-refractivity contribution in [1.82, 2.24) is 15.0 Å². The van der Waals surface area contributed by atoms with Crippen LogP contribution in [0.5, 0.6) is 0 Å². The number of aryl methyl sites for hydroxylation is 1. The molecule has 0 spiro atoms. The zero-order chi connectivity index (χ0) is 19.2. The molecule has 10 heteroatoms. The fourth-order valence-corrected chi connectivity index (χ4v) is 3.79. The second-order valence-corrected chi connectivity index (χ2v) is 7.46. The smallest absolute Gasteiger partial charge is 0.270 e. The van der Waals surface area contributed by atoms with E-state index in [1.54, 1.807) is 17.5 Å². The molecule has 0 unspecified atom stereocenters. The molecule has 0 atom stereocenters. The van der Waals surface area contributed by atoms with Gasteiger partial charge in [-0.1, -0.05) is 12.1 Å². The molecule has 0 saturated carbocycles. The summed E-state index contributed by atoms with van der Waals surface area (Å²) in [7, 11) is 0. The van der Waals surface area contributed by atoms with E-state index in [2.05, 4.69) is 20.3 Å². The van der Waals surface area contributed by atoms with Crippen molar-refractivity contribution in [3.63, 3.8) is 0 Å². The van der Waals surface area contributed by atoms with Crippen molar-refractivity contribution in [3.8, 4) is 11.3 Å². The molecule has 1 aromatic carbocycles. The molecular weight excluding hydrogens is 386 g/mol. The number of anilines is 1. The van der Waals surface area contributed by atoms with Crippen LogP contribution in [0.1, 0.15) is 12.1 Å². The van der Waals surface area contributed by atoms with Crippen molar-refractivity contribution >= 4 is 39.8 Å². The van der Waals surface area contributed by atoms with Crippen molar-refractivity contribution < 1.29 is 9.72 Å². The standard InChI is InChI=1S/C17H15N5O3S2/c1-11-7-16(19-10-18-11)26-6-5-15(23)21-17-20-14(9-27-17)12-3-2-4-13(8-12)22(24)25/h2-4,7-10H,5-6H2,1H3,(H,20,21,23). The molecule has 8 nitrogen and oxygen atoms in total. The van der Waals surface area contributed by atoms with Crippen LogP contribution in [-0.2, 0) is 4.79 Å². The van der Waals surface area contributed by atoms with Crippen LogP contribution in [-0.4, -0.2) is 31.5 Å². The number of amides is 1. The van der Waals surface area contributed by atoms with E-state index in [0.29, 0.717) is 28.6 Å². The van der Waals surface area contributed by atoms with Crippen molar-refractivity contribution in [3.05, 3.63) is 57.8 Å². The number of nitro groups is 1. The fraction of sp³-hybridized carbons (Fsp3) is 0.176. The number of hydrogen-bond acceptors (Lipinski definition) is 8. The summed E-state index contributed by atoms with van der Waals surface area (Å²) in [6, 6.07) is 8.11. The third-order valence-electron chi connectivity index (χ3n) is 3.46. The van der Waals surface area contributed by atoms with Crippen molar-refractivity contribution in [2.45, 2.75) is 18.4 Å². The average molecular weight is 401 g/mol. The van der Waals surface area contributed by atoms with Gasteiger partial charge in [0.1, 0.15) is 6.33 Å². The van der Waals surface area contributed by atoms with E-state index in [1.807, 2.05) is 13.0 Å². The minimum atomic E-state index is -0.449. The number of thiazole rings is 1. The molecule has 0 radical (unpaired) electrons. The maximum atomic E-state index is 12.1. The van der Waals surface area contributed by atoms with Crippen LogP contribution in [0.15, 0.2) is 47.1 Å². The van der Waals surface area contributed by atoms with Crippen LogP contribution in [0.2, 0.25) is 0 Å². The molecule has 3 rings (SSSR count). The van der Waals surface area contributed by atoms with Gasteiger partial charge in [0.25, 0.3) is 5.69 Å². The molecule has 0 aliphatic carbocycles. The maximum absolute atomic E-state index is 12.1. The first-order valence-corrected chi connectivity index (χ1v) is 9.79. The Morgan fingerprint density at radius 1 is 1.33 bits per heavy atom. The molecule has 138 valence electrons. The topological polar surface area (TPSA) is 111 Å². The summed E-state index contributed by atoms with van der Waals surface area (Å²) in [5.74, 6) is 0.444. The lowest BCUT2D eigenvalue weighted by Gasteiger charge is -2.02. The van der Waals surface area contributed by atoms with Crippen molar-refractivity contribution in [2.24, 2.45) is 0 Å². The summed E-state index contributed by atoms with van der Waals surface area (Å²) in [5.41, 5.74) is 2.11. The number of nitrogens with one attached hydrogen (secondary N) is 1. The van der Waals surface area contributed by atoms with Gasteiger partial charge in [-0.3, -0.25) is 14.9 Å². The van der Waals surface area contributed by atoms with Crippen LogP contribution < -0.4 is 5.32 Å². The molecule has 2 heterocycles. The number of benzene rings is 1. The van der Waals surface area contributed by atoms with Crippen LogP contribution in [0.25, 0.3) is 11.3 Å². The second-order valence-electron chi connectivity index (χ2n) is 5.49. The SMILES string of the molecule is Cc1cc(SCCC(=O)Nc2nc(-c3cccc([N+](=O)[O-])c3)cs2)ncn1. The predicted molar refractivity (Wildman–Crippen MR) is 105 cm³/mol. The first-order chi connectivity index (χ1) is 13.0. The van der Waals surface area contributed by atoms with Gasteiger partial charge in [0, 0.05) is 40.9 Å². The summed E-state index contributed by atoms with van der Waals surface area (Å²) in [6.45, 7) is 1.89. The lowest BCUT2D eigenvalue weighted by molar-refractivity contribution is -0.384. The number of hydrogen-bond donors (Lipinski definition) is 1. The predicted octanol–water partition coefficient (Wildman–Crippen LogP) is 3.94. The summed E-state index contributed by atoms with van der Waals surface area (Å²) in [4.78, 5) is 35.0. The Hall–Kier alpha value is -2.85. The monoisotopic (exact) mass is 401 g/mol. The van der Waals surface area contributed by atoms with E-state index in [4.69, 9.17) is 0 Å². The van der Waals surface area contributed by atoms with E-state index in [-0.39, 0.29) is 11.6 Å². The normalized spacial score (nSPS) is 10.6. The fourth-order valence-electron chi connectivity index (χ4n) is 2.18. The molecule has 0 saturated heterocycles. The Balaban J connectivity index is 1.55. The number of non-ortho nitro benzene ring substituents is 1. The van der Waals surface area contributed by atoms with Gasteiger partial charge in [0.05, 0.1) is 15.6 Å². The third kappa shape index (κ3) is 5.31. The molecule has 1 N–H and O–H groups in total. The van der Waals surface area contributed by atoms with Crippen LogP contribution in [0.4, 0.5) is 10.8 Å². The van der Waals surface area contributed by atoms with E-state index in [1.165, 1.54) is 41.6 Å². The maximum Gasteiger partial charge on any atom is 0.270 e. The number of rotatable bonds is 7. The third-order valence-corrected chi connectivity index (χ3v) is 5.15. The number of carbonyl (C=O) groups excluding carboxylic acids is 1. The number of aromatic nitrogens is 3. The second kappa shape index (κ2) is 8.69. The minimum Gasteiger partial charge on any atom is -0.302 e. The number of carbonyl (C=O) groups is 1. The zero-order valence-electron chi connectivity index (χ0n) is 14.3. The number of nitrogens with zero attached hydrogens (tertiary/aromatic N) is 4. The first kappa shape index (κ1) is 18.9. The average Bonchev–Trinajstić information content (AvgIpc) is 3.10. The van der Waals surface area contributed by atoms with Crippen LogP contribution >= 0.6 is 23.1 Å². The molecule has 0 aliphatic rings. The van der Waals surface area contributed by atoms with Gasteiger partial charge in [-0.15, -0.1) is 23.1 Å². The highest BCUT2D eigenvalue weighted by atomic mass is 32.2.